The Labute approximate surface area is 172 Å². The largest absolute Gasteiger partial charge is 0.351 e. The van der Waals surface area contributed by atoms with Crippen LogP contribution in [0.3, 0.4) is 0 Å². The van der Waals surface area contributed by atoms with E-state index in [1.165, 1.54) is 10.4 Å². The van der Waals surface area contributed by atoms with E-state index in [-0.39, 0.29) is 35.8 Å². The maximum Gasteiger partial charge on any atom is 0.243 e. The van der Waals surface area contributed by atoms with Gasteiger partial charge in [-0.3, -0.25) is 4.79 Å². The Hall–Kier alpha value is -2.29. The number of sulfonamides is 1. The molecule has 0 spiro atoms. The third-order valence-corrected chi connectivity index (χ3v) is 6.79. The summed E-state index contributed by atoms with van der Waals surface area (Å²) in [6.45, 7) is 6.52. The van der Waals surface area contributed by atoms with Crippen LogP contribution in [-0.4, -0.2) is 38.3 Å². The minimum atomic E-state index is -3.49. The summed E-state index contributed by atoms with van der Waals surface area (Å²) in [5.41, 5.74) is 1.30. The zero-order valence-electron chi connectivity index (χ0n) is 17.0. The van der Waals surface area contributed by atoms with Gasteiger partial charge in [-0.05, 0) is 30.7 Å². The van der Waals surface area contributed by atoms with Gasteiger partial charge in [0.15, 0.2) is 0 Å². The minimum Gasteiger partial charge on any atom is -0.351 e. The Bertz CT molecular complexity index is 913. The predicted octanol–water partition coefficient (Wildman–Crippen LogP) is 2.82. The second-order valence-corrected chi connectivity index (χ2v) is 8.57. The van der Waals surface area contributed by atoms with Crippen molar-refractivity contribution in [2.45, 2.75) is 38.3 Å². The van der Waals surface area contributed by atoms with E-state index >= 15 is 0 Å². The van der Waals surface area contributed by atoms with Crippen molar-refractivity contribution in [3.63, 3.8) is 0 Å². The van der Waals surface area contributed by atoms with Crippen LogP contribution in [0, 0.1) is 5.82 Å². The SMILES string of the molecule is CCN(CC)S(=O)(=O)c1ccc([C@H](C)NCC(=O)NCc2ccccc2F)cc1. The van der Waals surface area contributed by atoms with Crippen molar-refractivity contribution in [3.05, 3.63) is 65.5 Å². The summed E-state index contributed by atoms with van der Waals surface area (Å²) in [5.74, 6) is -0.602. The number of hydrogen-bond donors (Lipinski definition) is 2. The van der Waals surface area contributed by atoms with E-state index in [1.807, 2.05) is 6.92 Å². The predicted molar refractivity (Wildman–Crippen MR) is 111 cm³/mol. The Morgan fingerprint density at radius 1 is 1.07 bits per heavy atom. The van der Waals surface area contributed by atoms with Gasteiger partial charge in [-0.2, -0.15) is 4.31 Å². The lowest BCUT2D eigenvalue weighted by molar-refractivity contribution is -0.120. The van der Waals surface area contributed by atoms with Gasteiger partial charge in [-0.15, -0.1) is 0 Å². The van der Waals surface area contributed by atoms with Crippen LogP contribution >= 0.6 is 0 Å². The maximum absolute atomic E-state index is 13.6. The van der Waals surface area contributed by atoms with Crippen molar-refractivity contribution in [3.8, 4) is 0 Å². The monoisotopic (exact) mass is 421 g/mol. The summed E-state index contributed by atoms with van der Waals surface area (Å²) in [7, 11) is -3.49. The zero-order chi connectivity index (χ0) is 21.4. The minimum absolute atomic E-state index is 0.0646. The number of halogens is 1. The van der Waals surface area contributed by atoms with Crippen molar-refractivity contribution in [1.29, 1.82) is 0 Å². The molecule has 0 aromatic heterocycles. The average molecular weight is 422 g/mol. The molecule has 0 unspecified atom stereocenters. The summed E-state index contributed by atoms with van der Waals surface area (Å²) in [6.07, 6.45) is 0. The highest BCUT2D eigenvalue weighted by Gasteiger charge is 2.21. The second-order valence-electron chi connectivity index (χ2n) is 6.63. The first-order chi connectivity index (χ1) is 13.8. The van der Waals surface area contributed by atoms with Crippen LogP contribution in [0.1, 0.15) is 37.9 Å². The van der Waals surface area contributed by atoms with Crippen molar-refractivity contribution in [2.24, 2.45) is 0 Å². The molecule has 0 saturated heterocycles. The van der Waals surface area contributed by atoms with Gasteiger partial charge < -0.3 is 10.6 Å². The highest BCUT2D eigenvalue weighted by Crippen LogP contribution is 2.19. The molecule has 0 aliphatic rings. The highest BCUT2D eigenvalue weighted by atomic mass is 32.2. The molecule has 2 aromatic rings. The van der Waals surface area contributed by atoms with Gasteiger partial charge >= 0.3 is 0 Å². The number of carbonyl (C=O) groups excluding carboxylic acids is 1. The van der Waals surface area contributed by atoms with Crippen molar-refractivity contribution < 1.29 is 17.6 Å². The molecule has 1 amide bonds. The average Bonchev–Trinajstić information content (AvgIpc) is 2.72. The third-order valence-electron chi connectivity index (χ3n) is 4.73. The lowest BCUT2D eigenvalue weighted by Crippen LogP contribution is -2.35. The summed E-state index contributed by atoms with van der Waals surface area (Å²) in [6, 6.07) is 12.8. The summed E-state index contributed by atoms with van der Waals surface area (Å²) < 4.78 is 40.0. The van der Waals surface area contributed by atoms with Crippen molar-refractivity contribution >= 4 is 15.9 Å². The molecule has 0 aliphatic heterocycles. The van der Waals surface area contributed by atoms with Crippen LogP contribution in [0.4, 0.5) is 4.39 Å². The van der Waals surface area contributed by atoms with Crippen LogP contribution in [-0.2, 0) is 21.4 Å². The lowest BCUT2D eigenvalue weighted by atomic mass is 10.1. The molecule has 0 bridgehead atoms. The molecule has 1 atom stereocenters. The highest BCUT2D eigenvalue weighted by molar-refractivity contribution is 7.89. The van der Waals surface area contributed by atoms with Crippen molar-refractivity contribution in [1.82, 2.24) is 14.9 Å². The van der Waals surface area contributed by atoms with Gasteiger partial charge in [0, 0.05) is 31.2 Å². The molecule has 2 aromatic carbocycles. The molecule has 0 heterocycles. The van der Waals surface area contributed by atoms with E-state index in [0.717, 1.165) is 5.56 Å². The first kappa shape index (κ1) is 23.0. The fraction of sp³-hybridized carbons (Fsp3) is 0.381. The summed E-state index contributed by atoms with van der Waals surface area (Å²) in [4.78, 5) is 12.3. The number of nitrogens with one attached hydrogen (secondary N) is 2. The maximum atomic E-state index is 13.6. The molecule has 158 valence electrons. The second kappa shape index (κ2) is 10.5. The first-order valence-corrected chi connectivity index (χ1v) is 11.1. The molecule has 0 aliphatic carbocycles. The molecular weight excluding hydrogens is 393 g/mol. The number of carbonyl (C=O) groups is 1. The van der Waals surface area contributed by atoms with Crippen LogP contribution in [0.25, 0.3) is 0 Å². The van der Waals surface area contributed by atoms with Gasteiger partial charge in [-0.25, -0.2) is 12.8 Å². The summed E-state index contributed by atoms with van der Waals surface area (Å²) >= 11 is 0. The fourth-order valence-corrected chi connectivity index (χ4v) is 4.36. The van der Waals surface area contributed by atoms with Gasteiger partial charge in [0.2, 0.25) is 15.9 Å². The van der Waals surface area contributed by atoms with E-state index < -0.39 is 10.0 Å². The van der Waals surface area contributed by atoms with E-state index in [2.05, 4.69) is 10.6 Å². The molecule has 0 saturated carbocycles. The smallest absolute Gasteiger partial charge is 0.243 e. The number of benzene rings is 2. The fourth-order valence-electron chi connectivity index (χ4n) is 2.90. The molecular formula is C21H28FN3O3S. The van der Waals surface area contributed by atoms with Crippen LogP contribution in [0.2, 0.25) is 0 Å². The van der Waals surface area contributed by atoms with Gasteiger partial charge in [0.1, 0.15) is 5.82 Å². The van der Waals surface area contributed by atoms with Gasteiger partial charge in [0.05, 0.1) is 11.4 Å². The Morgan fingerprint density at radius 3 is 2.28 bits per heavy atom. The molecule has 29 heavy (non-hydrogen) atoms. The quantitative estimate of drug-likeness (QED) is 0.618. The topological polar surface area (TPSA) is 78.5 Å². The Morgan fingerprint density at radius 2 is 1.69 bits per heavy atom. The molecule has 8 heteroatoms. The van der Waals surface area contributed by atoms with Gasteiger partial charge in [0.25, 0.3) is 0 Å². The number of nitrogens with zero attached hydrogens (tertiary/aromatic N) is 1. The molecule has 6 nitrogen and oxygen atoms in total. The molecule has 2 rings (SSSR count). The normalized spacial score (nSPS) is 12.7. The zero-order valence-corrected chi connectivity index (χ0v) is 17.8. The van der Waals surface area contributed by atoms with E-state index in [0.29, 0.717) is 18.7 Å². The number of amides is 1. The van der Waals surface area contributed by atoms with Gasteiger partial charge in [-0.1, -0.05) is 44.2 Å². The van der Waals surface area contributed by atoms with E-state index in [9.17, 15) is 17.6 Å². The van der Waals surface area contributed by atoms with E-state index in [1.54, 1.807) is 56.3 Å². The third kappa shape index (κ3) is 6.09. The van der Waals surface area contributed by atoms with Crippen molar-refractivity contribution in [2.75, 3.05) is 19.6 Å². The standard InChI is InChI=1S/C21H28FN3O3S/c1-4-25(5-2)29(27,28)19-12-10-17(11-13-19)16(3)23-15-21(26)24-14-18-8-6-7-9-20(18)22/h6-13,16,23H,4-5,14-15H2,1-3H3,(H,24,26)/t16-/m0/s1. The lowest BCUT2D eigenvalue weighted by Gasteiger charge is -2.19. The molecule has 0 fully saturated rings. The van der Waals surface area contributed by atoms with Crippen LogP contribution < -0.4 is 10.6 Å². The Balaban J connectivity index is 1.90. The Kier molecular flexibility index (Phi) is 8.31. The number of rotatable bonds is 10. The molecule has 0 radical (unpaired) electrons. The number of hydrogen-bond acceptors (Lipinski definition) is 4. The van der Waals surface area contributed by atoms with E-state index in [4.69, 9.17) is 0 Å². The summed E-state index contributed by atoms with van der Waals surface area (Å²) in [5, 5.41) is 5.76. The van der Waals surface area contributed by atoms with Crippen LogP contribution in [0.5, 0.6) is 0 Å². The first-order valence-electron chi connectivity index (χ1n) is 9.63. The molecule has 2 N–H and O–H groups in total. The van der Waals surface area contributed by atoms with Crippen LogP contribution in [0.15, 0.2) is 53.4 Å².